The van der Waals surface area contributed by atoms with Crippen molar-refractivity contribution in [3.8, 4) is 11.5 Å². The van der Waals surface area contributed by atoms with E-state index in [0.717, 1.165) is 12.1 Å². The highest BCUT2D eigenvalue weighted by atomic mass is 19.1. The van der Waals surface area contributed by atoms with Gasteiger partial charge in [-0.25, -0.2) is 18.6 Å². The van der Waals surface area contributed by atoms with Crippen LogP contribution in [-0.4, -0.2) is 23.2 Å². The van der Waals surface area contributed by atoms with E-state index in [4.69, 9.17) is 14.3 Å². The van der Waals surface area contributed by atoms with Gasteiger partial charge >= 0.3 is 5.97 Å². The molecule has 0 amide bonds. The van der Waals surface area contributed by atoms with Gasteiger partial charge in [-0.3, -0.25) is 0 Å². The van der Waals surface area contributed by atoms with Gasteiger partial charge in [-0.05, 0) is 12.1 Å². The normalized spacial score (nSPS) is 10.7. The van der Waals surface area contributed by atoms with Crippen LogP contribution < -0.4 is 0 Å². The molecule has 2 rings (SSSR count). The van der Waals surface area contributed by atoms with Gasteiger partial charge in [0.2, 0.25) is 11.7 Å². The van der Waals surface area contributed by atoms with E-state index in [0.29, 0.717) is 6.07 Å². The molecule has 0 aliphatic heterocycles. The lowest BCUT2D eigenvalue weighted by Crippen LogP contribution is -2.00. The maximum Gasteiger partial charge on any atom is 0.373 e. The molecule has 1 N–H and O–H groups in total. The second-order valence-corrected chi connectivity index (χ2v) is 3.69. The van der Waals surface area contributed by atoms with E-state index in [-0.39, 0.29) is 23.8 Å². The number of carboxylic acid groups (broad SMARTS) is 1. The number of carbonyl (C=O) groups is 1. The summed E-state index contributed by atoms with van der Waals surface area (Å²) in [7, 11) is 1.36. The molecular formula is C12H9F2NO4. The molecule has 0 fully saturated rings. The van der Waals surface area contributed by atoms with Gasteiger partial charge in [-0.1, -0.05) is 0 Å². The second-order valence-electron chi connectivity index (χ2n) is 3.69. The molecule has 0 aliphatic rings. The number of methoxy groups -OCH3 is 1. The summed E-state index contributed by atoms with van der Waals surface area (Å²) in [6.07, 6.45) is 0. The number of aromatic nitrogens is 1. The van der Waals surface area contributed by atoms with Gasteiger partial charge in [0, 0.05) is 18.7 Å². The lowest BCUT2D eigenvalue weighted by Gasteiger charge is -1.96. The molecule has 0 atom stereocenters. The Balaban J connectivity index is 2.50. The number of hydrogen-bond acceptors (Lipinski definition) is 4. The Morgan fingerprint density at radius 3 is 2.53 bits per heavy atom. The van der Waals surface area contributed by atoms with Gasteiger partial charge in [0.25, 0.3) is 0 Å². The molecule has 100 valence electrons. The van der Waals surface area contributed by atoms with Crippen molar-refractivity contribution in [1.82, 2.24) is 4.98 Å². The topological polar surface area (TPSA) is 72.6 Å². The highest BCUT2D eigenvalue weighted by Gasteiger charge is 2.20. The van der Waals surface area contributed by atoms with Crippen molar-refractivity contribution >= 4 is 5.97 Å². The van der Waals surface area contributed by atoms with E-state index in [1.165, 1.54) is 7.11 Å². The van der Waals surface area contributed by atoms with Gasteiger partial charge in [0.05, 0.1) is 6.61 Å². The average Bonchev–Trinajstić information content (AvgIpc) is 2.72. The second kappa shape index (κ2) is 5.15. The van der Waals surface area contributed by atoms with Crippen LogP contribution in [0.4, 0.5) is 8.78 Å². The maximum absolute atomic E-state index is 13.1. The zero-order valence-corrected chi connectivity index (χ0v) is 9.81. The molecule has 0 radical (unpaired) electrons. The summed E-state index contributed by atoms with van der Waals surface area (Å²) in [5.74, 6) is -3.54. The van der Waals surface area contributed by atoms with Crippen molar-refractivity contribution in [2.75, 3.05) is 7.11 Å². The van der Waals surface area contributed by atoms with Crippen LogP contribution in [0.2, 0.25) is 0 Å². The van der Waals surface area contributed by atoms with Crippen LogP contribution in [0.15, 0.2) is 22.6 Å². The van der Waals surface area contributed by atoms with Gasteiger partial charge in [-0.15, -0.1) is 0 Å². The van der Waals surface area contributed by atoms with Crippen LogP contribution in [-0.2, 0) is 11.3 Å². The van der Waals surface area contributed by atoms with E-state index in [1.807, 2.05) is 0 Å². The molecule has 7 heteroatoms. The zero-order chi connectivity index (χ0) is 14.0. The molecule has 1 aromatic heterocycles. The molecule has 2 aromatic rings. The lowest BCUT2D eigenvalue weighted by molar-refractivity contribution is 0.0656. The summed E-state index contributed by atoms with van der Waals surface area (Å²) in [4.78, 5) is 14.8. The Hall–Kier alpha value is -2.28. The van der Waals surface area contributed by atoms with E-state index < -0.39 is 23.4 Å². The Bertz CT molecular complexity index is 604. The third kappa shape index (κ3) is 2.76. The van der Waals surface area contributed by atoms with Crippen LogP contribution in [0.3, 0.4) is 0 Å². The number of nitrogens with zero attached hydrogens (tertiary/aromatic N) is 1. The first kappa shape index (κ1) is 13.2. The molecule has 0 bridgehead atoms. The summed E-state index contributed by atoms with van der Waals surface area (Å²) in [6.45, 7) is -0.0804. The minimum atomic E-state index is -1.33. The summed E-state index contributed by atoms with van der Waals surface area (Å²) in [6, 6.07) is 2.69. The highest BCUT2D eigenvalue weighted by molar-refractivity contribution is 5.86. The van der Waals surface area contributed by atoms with E-state index in [2.05, 4.69) is 4.98 Å². The third-order valence-electron chi connectivity index (χ3n) is 2.28. The smallest absolute Gasteiger partial charge is 0.373 e. The molecule has 0 saturated heterocycles. The lowest BCUT2D eigenvalue weighted by atomic mass is 10.2. The maximum atomic E-state index is 13.1. The number of aromatic carboxylic acids is 1. The molecule has 0 spiro atoms. The molecule has 1 heterocycles. The Morgan fingerprint density at radius 1 is 1.37 bits per heavy atom. The number of rotatable bonds is 4. The molecule has 1 aromatic carbocycles. The molecule has 19 heavy (non-hydrogen) atoms. The van der Waals surface area contributed by atoms with Crippen molar-refractivity contribution in [3.63, 3.8) is 0 Å². The fourth-order valence-electron chi connectivity index (χ4n) is 1.55. The first-order chi connectivity index (χ1) is 9.01. The highest BCUT2D eigenvalue weighted by Crippen LogP contribution is 2.24. The fraction of sp³-hybridized carbons (Fsp3) is 0.167. The van der Waals surface area contributed by atoms with E-state index in [9.17, 15) is 13.6 Å². The van der Waals surface area contributed by atoms with Crippen molar-refractivity contribution < 1.29 is 27.8 Å². The molecule has 0 unspecified atom stereocenters. The van der Waals surface area contributed by atoms with Gasteiger partial charge < -0.3 is 14.3 Å². The number of hydrogen-bond donors (Lipinski definition) is 1. The Labute approximate surface area is 106 Å². The minimum absolute atomic E-state index is 0.0161. The van der Waals surface area contributed by atoms with Crippen LogP contribution in [0, 0.1) is 11.6 Å². The van der Waals surface area contributed by atoms with Gasteiger partial charge in [-0.2, -0.15) is 0 Å². The molecule has 5 nitrogen and oxygen atoms in total. The van der Waals surface area contributed by atoms with Crippen LogP contribution in [0.25, 0.3) is 11.5 Å². The number of carboxylic acids is 1. The SMILES string of the molecule is COCc1nc(-c2cc(F)cc(F)c2)oc1C(=O)O. The van der Waals surface area contributed by atoms with Crippen molar-refractivity contribution in [3.05, 3.63) is 41.3 Å². The van der Waals surface area contributed by atoms with Crippen molar-refractivity contribution in [2.45, 2.75) is 6.61 Å². The number of ether oxygens (including phenoxy) is 1. The standard InChI is InChI=1S/C12H9F2NO4/c1-18-5-9-10(12(16)17)19-11(15-9)6-2-7(13)4-8(14)3-6/h2-4H,5H2,1H3,(H,16,17). The van der Waals surface area contributed by atoms with E-state index in [1.54, 1.807) is 0 Å². The largest absolute Gasteiger partial charge is 0.475 e. The predicted octanol–water partition coefficient (Wildman–Crippen LogP) is 2.46. The summed E-state index contributed by atoms with van der Waals surface area (Å²) < 4.78 is 35.9. The summed E-state index contributed by atoms with van der Waals surface area (Å²) in [5, 5.41) is 8.92. The van der Waals surface area contributed by atoms with Crippen molar-refractivity contribution in [2.24, 2.45) is 0 Å². The number of halogens is 2. The molecular weight excluding hydrogens is 260 g/mol. The molecule has 0 saturated carbocycles. The van der Waals surface area contributed by atoms with Crippen LogP contribution >= 0.6 is 0 Å². The van der Waals surface area contributed by atoms with Crippen molar-refractivity contribution in [1.29, 1.82) is 0 Å². The predicted molar refractivity (Wildman–Crippen MR) is 59.5 cm³/mol. The molecule has 0 aliphatic carbocycles. The van der Waals surface area contributed by atoms with Gasteiger partial charge in [0.15, 0.2) is 0 Å². The average molecular weight is 269 g/mol. The van der Waals surface area contributed by atoms with Gasteiger partial charge in [0.1, 0.15) is 17.3 Å². The monoisotopic (exact) mass is 269 g/mol. The Morgan fingerprint density at radius 2 is 2.00 bits per heavy atom. The summed E-state index contributed by atoms with van der Waals surface area (Å²) in [5.41, 5.74) is 0.0667. The third-order valence-corrected chi connectivity index (χ3v) is 2.28. The number of benzene rings is 1. The zero-order valence-electron chi connectivity index (χ0n) is 9.81. The minimum Gasteiger partial charge on any atom is -0.475 e. The first-order valence-electron chi connectivity index (χ1n) is 5.19. The van der Waals surface area contributed by atoms with E-state index >= 15 is 0 Å². The number of oxazole rings is 1. The quantitative estimate of drug-likeness (QED) is 0.923. The summed E-state index contributed by atoms with van der Waals surface area (Å²) >= 11 is 0. The fourth-order valence-corrected chi connectivity index (χ4v) is 1.55. The Kier molecular flexibility index (Phi) is 3.57. The van der Waals surface area contributed by atoms with Crippen LogP contribution in [0.5, 0.6) is 0 Å². The first-order valence-corrected chi connectivity index (χ1v) is 5.19. The van der Waals surface area contributed by atoms with Crippen LogP contribution in [0.1, 0.15) is 16.2 Å².